The van der Waals surface area contributed by atoms with E-state index in [1.165, 1.54) is 0 Å². The van der Waals surface area contributed by atoms with E-state index < -0.39 is 6.17 Å². The lowest BCUT2D eigenvalue weighted by atomic mass is 9.43. The van der Waals surface area contributed by atoms with Crippen LogP contribution >= 0.6 is 0 Å². The Morgan fingerprint density at radius 2 is 1.95 bits per heavy atom. The minimum atomic E-state index is -1.15. The molecule has 2 atom stereocenters. The average Bonchev–Trinajstić information content (AvgIpc) is 2.97. The SMILES string of the molecule is O=C(c1nc2n(n1)[C@H](c1ccccc1)C[C@@H]2F)C12CC(C1)C2. The van der Waals surface area contributed by atoms with Crippen LogP contribution in [0.3, 0.4) is 0 Å². The summed E-state index contributed by atoms with van der Waals surface area (Å²) in [5.74, 6) is 1.28. The second-order valence-corrected chi connectivity index (χ2v) is 6.96. The van der Waals surface area contributed by atoms with Gasteiger partial charge in [-0.05, 0) is 30.7 Å². The molecule has 4 aliphatic rings. The normalized spacial score (nSPS) is 34.7. The van der Waals surface area contributed by atoms with E-state index in [0.717, 1.165) is 30.7 Å². The van der Waals surface area contributed by atoms with Gasteiger partial charge in [0.05, 0.1) is 6.04 Å². The Kier molecular flexibility index (Phi) is 2.29. The Morgan fingerprint density at radius 1 is 1.23 bits per heavy atom. The monoisotopic (exact) mass is 297 g/mol. The molecule has 0 unspecified atom stereocenters. The highest BCUT2D eigenvalue weighted by Gasteiger charge is 2.62. The lowest BCUT2D eigenvalue weighted by molar-refractivity contribution is -0.0713. The Labute approximate surface area is 127 Å². The molecule has 22 heavy (non-hydrogen) atoms. The number of rotatable bonds is 3. The van der Waals surface area contributed by atoms with Gasteiger partial charge in [-0.2, -0.15) is 0 Å². The lowest BCUT2D eigenvalue weighted by Gasteiger charge is -2.59. The Morgan fingerprint density at radius 3 is 2.59 bits per heavy atom. The van der Waals surface area contributed by atoms with Crippen molar-refractivity contribution in [1.29, 1.82) is 0 Å². The van der Waals surface area contributed by atoms with Gasteiger partial charge in [-0.1, -0.05) is 30.3 Å². The predicted octanol–water partition coefficient (Wildman–Crippen LogP) is 3.26. The molecule has 0 amide bonds. The van der Waals surface area contributed by atoms with Gasteiger partial charge in [0, 0.05) is 11.8 Å². The topological polar surface area (TPSA) is 47.8 Å². The van der Waals surface area contributed by atoms with Gasteiger partial charge < -0.3 is 0 Å². The van der Waals surface area contributed by atoms with Crippen molar-refractivity contribution < 1.29 is 9.18 Å². The Hall–Kier alpha value is -2.04. The molecule has 112 valence electrons. The summed E-state index contributed by atoms with van der Waals surface area (Å²) in [6.07, 6.45) is 2.11. The number of nitrogens with zero attached hydrogens (tertiary/aromatic N) is 3. The molecule has 3 aliphatic carbocycles. The maximum absolute atomic E-state index is 14.3. The fraction of sp³-hybridized carbons (Fsp3) is 0.471. The quantitative estimate of drug-likeness (QED) is 0.817. The first-order valence-corrected chi connectivity index (χ1v) is 7.86. The fourth-order valence-electron chi connectivity index (χ4n) is 4.22. The minimum absolute atomic E-state index is 0.0240. The maximum atomic E-state index is 14.3. The highest BCUT2D eigenvalue weighted by Crippen LogP contribution is 2.65. The number of carbonyl (C=O) groups excluding carboxylic acids is 1. The van der Waals surface area contributed by atoms with Crippen molar-refractivity contribution in [3.05, 3.63) is 47.5 Å². The van der Waals surface area contributed by atoms with E-state index in [-0.39, 0.29) is 23.1 Å². The van der Waals surface area contributed by atoms with Gasteiger partial charge in [-0.25, -0.2) is 14.1 Å². The number of hydrogen-bond donors (Lipinski definition) is 0. The third-order valence-corrected chi connectivity index (χ3v) is 5.57. The van der Waals surface area contributed by atoms with Crippen LogP contribution in [0.4, 0.5) is 4.39 Å². The molecule has 1 aromatic carbocycles. The smallest absolute Gasteiger partial charge is 0.218 e. The summed E-state index contributed by atoms with van der Waals surface area (Å²) in [5, 5.41) is 4.39. The molecule has 6 rings (SSSR count). The van der Waals surface area contributed by atoms with Gasteiger partial charge in [0.1, 0.15) is 0 Å². The van der Waals surface area contributed by atoms with Crippen LogP contribution in [0.5, 0.6) is 0 Å². The molecular formula is C17H16FN3O. The summed E-state index contributed by atoms with van der Waals surface area (Å²) in [6.45, 7) is 0. The molecule has 3 saturated carbocycles. The number of carbonyl (C=O) groups is 1. The Bertz CT molecular complexity index is 752. The molecule has 1 aliphatic heterocycles. The van der Waals surface area contributed by atoms with E-state index in [1.54, 1.807) is 4.68 Å². The standard InChI is InChI=1S/C17H16FN3O/c18-12-6-13(11-4-2-1-3-5-11)21-16(12)19-15(20-21)14(22)17-7-10(8-17)9-17/h1-5,10,12-13H,6-9H2/t10?,12-,13-,17?/m0/s1. The van der Waals surface area contributed by atoms with Gasteiger partial charge in [-0.15, -0.1) is 5.10 Å². The van der Waals surface area contributed by atoms with Crippen molar-refractivity contribution in [1.82, 2.24) is 14.8 Å². The molecular weight excluding hydrogens is 281 g/mol. The molecule has 0 N–H and O–H groups in total. The molecule has 2 heterocycles. The molecule has 2 bridgehead atoms. The highest BCUT2D eigenvalue weighted by atomic mass is 19.1. The number of Topliss-reactive ketones (excluding diaryl/α,β-unsaturated/α-hetero) is 1. The number of aromatic nitrogens is 3. The third kappa shape index (κ3) is 1.49. The molecule has 4 nitrogen and oxygen atoms in total. The zero-order valence-electron chi connectivity index (χ0n) is 12.1. The van der Waals surface area contributed by atoms with E-state index in [0.29, 0.717) is 12.2 Å². The summed E-state index contributed by atoms with van der Waals surface area (Å²) in [6, 6.07) is 9.59. The first-order chi connectivity index (χ1) is 10.7. The van der Waals surface area contributed by atoms with Crippen LogP contribution < -0.4 is 0 Å². The molecule has 2 aromatic rings. The first-order valence-electron chi connectivity index (χ1n) is 7.86. The van der Waals surface area contributed by atoms with Crippen molar-refractivity contribution in [2.75, 3.05) is 0 Å². The first kappa shape index (κ1) is 12.5. The van der Waals surface area contributed by atoms with E-state index in [2.05, 4.69) is 10.1 Å². The van der Waals surface area contributed by atoms with Crippen LogP contribution in [-0.2, 0) is 0 Å². The van der Waals surface area contributed by atoms with Gasteiger partial charge >= 0.3 is 0 Å². The maximum Gasteiger partial charge on any atom is 0.218 e. The van der Waals surface area contributed by atoms with Crippen LogP contribution in [0.1, 0.15) is 59.9 Å². The number of benzene rings is 1. The summed E-state index contributed by atoms with van der Waals surface area (Å²) in [4.78, 5) is 16.8. The van der Waals surface area contributed by atoms with Crippen LogP contribution in [0.15, 0.2) is 30.3 Å². The van der Waals surface area contributed by atoms with E-state index in [4.69, 9.17) is 0 Å². The van der Waals surface area contributed by atoms with Crippen molar-refractivity contribution in [3.8, 4) is 0 Å². The largest absolute Gasteiger partial charge is 0.290 e. The lowest BCUT2D eigenvalue weighted by Crippen LogP contribution is -2.57. The minimum Gasteiger partial charge on any atom is -0.290 e. The molecule has 0 saturated heterocycles. The van der Waals surface area contributed by atoms with Crippen LogP contribution in [0, 0.1) is 11.3 Å². The summed E-state index contributed by atoms with van der Waals surface area (Å²) >= 11 is 0. The summed E-state index contributed by atoms with van der Waals surface area (Å²) in [5.41, 5.74) is 0.805. The second kappa shape index (κ2) is 4.03. The predicted molar refractivity (Wildman–Crippen MR) is 77.2 cm³/mol. The van der Waals surface area contributed by atoms with Crippen molar-refractivity contribution in [2.45, 2.75) is 37.9 Å². The van der Waals surface area contributed by atoms with Crippen molar-refractivity contribution >= 4 is 5.78 Å². The number of hydrogen-bond acceptors (Lipinski definition) is 3. The second-order valence-electron chi connectivity index (χ2n) is 6.96. The molecule has 3 fully saturated rings. The Balaban J connectivity index is 1.52. The van der Waals surface area contributed by atoms with Gasteiger partial charge in [-0.3, -0.25) is 4.79 Å². The highest BCUT2D eigenvalue weighted by molar-refractivity contribution is 5.99. The van der Waals surface area contributed by atoms with Gasteiger partial charge in [0.25, 0.3) is 0 Å². The van der Waals surface area contributed by atoms with Crippen LogP contribution in [0.2, 0.25) is 0 Å². The van der Waals surface area contributed by atoms with E-state index in [1.807, 2.05) is 30.3 Å². The third-order valence-electron chi connectivity index (χ3n) is 5.57. The van der Waals surface area contributed by atoms with Gasteiger partial charge in [0.15, 0.2) is 12.0 Å². The van der Waals surface area contributed by atoms with E-state index in [9.17, 15) is 9.18 Å². The molecule has 1 aromatic heterocycles. The molecule has 0 radical (unpaired) electrons. The molecule has 0 spiro atoms. The summed E-state index contributed by atoms with van der Waals surface area (Å²) in [7, 11) is 0. The average molecular weight is 297 g/mol. The summed E-state index contributed by atoms with van der Waals surface area (Å²) < 4.78 is 15.9. The van der Waals surface area contributed by atoms with E-state index >= 15 is 0 Å². The van der Waals surface area contributed by atoms with Crippen molar-refractivity contribution in [3.63, 3.8) is 0 Å². The number of fused-ring (bicyclic) bond motifs is 1. The fourth-order valence-corrected chi connectivity index (χ4v) is 4.22. The van der Waals surface area contributed by atoms with Gasteiger partial charge in [0.2, 0.25) is 11.6 Å². The van der Waals surface area contributed by atoms with Crippen LogP contribution in [0.25, 0.3) is 0 Å². The zero-order valence-corrected chi connectivity index (χ0v) is 12.1. The number of alkyl halides is 1. The number of halogens is 1. The number of ketones is 1. The van der Waals surface area contributed by atoms with Crippen molar-refractivity contribution in [2.24, 2.45) is 11.3 Å². The van der Waals surface area contributed by atoms with Crippen LogP contribution in [-0.4, -0.2) is 20.5 Å². The molecule has 5 heteroatoms. The zero-order chi connectivity index (χ0) is 14.9.